The minimum absolute atomic E-state index is 0.329. The normalized spacial score (nSPS) is 20.5. The van der Waals surface area contributed by atoms with E-state index in [1.54, 1.807) is 0 Å². The molecule has 1 saturated carbocycles. The van der Waals surface area contributed by atoms with Gasteiger partial charge in [0.15, 0.2) is 0 Å². The van der Waals surface area contributed by atoms with Crippen molar-refractivity contribution in [2.45, 2.75) is 51.0 Å². The van der Waals surface area contributed by atoms with Crippen LogP contribution in [0.1, 0.15) is 44.9 Å². The fraction of sp³-hybridized carbons (Fsp3) is 0.909. The van der Waals surface area contributed by atoms with Gasteiger partial charge in [-0.2, -0.15) is 0 Å². The van der Waals surface area contributed by atoms with Gasteiger partial charge in [0, 0.05) is 19.0 Å². The molecule has 3 N–H and O–H groups in total. The minimum Gasteiger partial charge on any atom is -0.409 e. The van der Waals surface area contributed by atoms with Gasteiger partial charge in [-0.15, -0.1) is 0 Å². The Bertz CT molecular complexity index is 198. The van der Waals surface area contributed by atoms with Crippen LogP contribution in [0.2, 0.25) is 0 Å². The maximum atomic E-state index is 8.45. The van der Waals surface area contributed by atoms with Crippen molar-refractivity contribution in [2.75, 3.05) is 13.6 Å². The summed E-state index contributed by atoms with van der Waals surface area (Å²) in [7, 11) is 2.14. The lowest BCUT2D eigenvalue weighted by molar-refractivity contribution is 0.225. The predicted octanol–water partition coefficient (Wildman–Crippen LogP) is 1.78. The quantitative estimate of drug-likeness (QED) is 0.246. The maximum Gasteiger partial charge on any atom is 0.140 e. The summed E-state index contributed by atoms with van der Waals surface area (Å²) in [5.74, 6) is 0.329. The van der Waals surface area contributed by atoms with E-state index in [2.05, 4.69) is 17.1 Å². The Hall–Kier alpha value is -0.770. The number of amidine groups is 1. The number of oxime groups is 1. The Morgan fingerprint density at radius 2 is 1.93 bits per heavy atom. The molecule has 1 aliphatic carbocycles. The van der Waals surface area contributed by atoms with E-state index < -0.39 is 0 Å². The van der Waals surface area contributed by atoms with E-state index in [1.807, 2.05) is 0 Å². The zero-order valence-electron chi connectivity index (χ0n) is 9.65. The molecule has 0 bridgehead atoms. The summed E-state index contributed by atoms with van der Waals surface area (Å²) in [6.07, 6.45) is 8.70. The summed E-state index contributed by atoms with van der Waals surface area (Å²) in [4.78, 5) is 2.35. The monoisotopic (exact) mass is 213 g/mol. The van der Waals surface area contributed by atoms with Gasteiger partial charge in [0.25, 0.3) is 0 Å². The van der Waals surface area contributed by atoms with Gasteiger partial charge in [0.05, 0.1) is 0 Å². The van der Waals surface area contributed by atoms with Crippen molar-refractivity contribution in [3.63, 3.8) is 0 Å². The van der Waals surface area contributed by atoms with E-state index in [4.69, 9.17) is 10.9 Å². The van der Waals surface area contributed by atoms with Gasteiger partial charge >= 0.3 is 0 Å². The van der Waals surface area contributed by atoms with Crippen LogP contribution >= 0.6 is 0 Å². The van der Waals surface area contributed by atoms with Gasteiger partial charge in [-0.05, 0) is 19.9 Å². The van der Waals surface area contributed by atoms with Gasteiger partial charge in [-0.25, -0.2) is 0 Å². The van der Waals surface area contributed by atoms with Gasteiger partial charge in [0.2, 0.25) is 0 Å². The summed E-state index contributed by atoms with van der Waals surface area (Å²) in [6.45, 7) is 0.889. The van der Waals surface area contributed by atoms with E-state index >= 15 is 0 Å². The van der Waals surface area contributed by atoms with Gasteiger partial charge in [0.1, 0.15) is 5.84 Å². The average molecular weight is 213 g/mol. The predicted molar refractivity (Wildman–Crippen MR) is 62.1 cm³/mol. The molecule has 0 unspecified atom stereocenters. The second-order valence-corrected chi connectivity index (χ2v) is 4.47. The SMILES string of the molecule is CN(CC/C(N)=N/O)C1CCCCCC1. The lowest BCUT2D eigenvalue weighted by Gasteiger charge is -2.26. The average Bonchev–Trinajstić information content (AvgIpc) is 2.53. The van der Waals surface area contributed by atoms with Crippen molar-refractivity contribution >= 4 is 5.84 Å². The summed E-state index contributed by atoms with van der Waals surface area (Å²) in [5, 5.41) is 11.4. The van der Waals surface area contributed by atoms with E-state index in [-0.39, 0.29) is 0 Å². The molecule has 1 fully saturated rings. The number of hydrogen-bond acceptors (Lipinski definition) is 3. The molecule has 0 aromatic heterocycles. The van der Waals surface area contributed by atoms with Gasteiger partial charge < -0.3 is 15.8 Å². The highest BCUT2D eigenvalue weighted by molar-refractivity contribution is 5.79. The molecule has 4 heteroatoms. The van der Waals surface area contributed by atoms with E-state index in [0.717, 1.165) is 6.54 Å². The molecule has 1 rings (SSSR count). The molecule has 0 heterocycles. The van der Waals surface area contributed by atoms with Crippen molar-refractivity contribution in [3.05, 3.63) is 0 Å². The Kier molecular flexibility index (Phi) is 5.47. The third kappa shape index (κ3) is 4.51. The van der Waals surface area contributed by atoms with Crippen LogP contribution in [0.25, 0.3) is 0 Å². The van der Waals surface area contributed by atoms with Crippen molar-refractivity contribution < 1.29 is 5.21 Å². The zero-order chi connectivity index (χ0) is 11.1. The largest absolute Gasteiger partial charge is 0.409 e. The molecular formula is C11H23N3O. The maximum absolute atomic E-state index is 8.45. The second-order valence-electron chi connectivity index (χ2n) is 4.47. The summed E-state index contributed by atoms with van der Waals surface area (Å²) in [6, 6.07) is 0.694. The molecule has 0 aliphatic heterocycles. The molecule has 0 saturated heterocycles. The molecule has 0 spiro atoms. The molecule has 4 nitrogen and oxygen atoms in total. The molecular weight excluding hydrogens is 190 g/mol. The van der Waals surface area contributed by atoms with Gasteiger partial charge in [-0.1, -0.05) is 30.8 Å². The molecule has 1 aliphatic rings. The van der Waals surface area contributed by atoms with Crippen LogP contribution in [0.5, 0.6) is 0 Å². The van der Waals surface area contributed by atoms with E-state index in [0.29, 0.717) is 18.3 Å². The van der Waals surface area contributed by atoms with Crippen LogP contribution in [0.15, 0.2) is 5.16 Å². The highest BCUT2D eigenvalue weighted by Gasteiger charge is 2.16. The molecule has 0 aromatic rings. The topological polar surface area (TPSA) is 61.8 Å². The van der Waals surface area contributed by atoms with E-state index in [9.17, 15) is 0 Å². The fourth-order valence-electron chi connectivity index (χ4n) is 2.22. The zero-order valence-corrected chi connectivity index (χ0v) is 9.65. The van der Waals surface area contributed by atoms with Crippen LogP contribution in [0.4, 0.5) is 0 Å². The Labute approximate surface area is 92.1 Å². The van der Waals surface area contributed by atoms with Crippen molar-refractivity contribution in [2.24, 2.45) is 10.9 Å². The molecule has 0 radical (unpaired) electrons. The molecule has 0 amide bonds. The molecule has 88 valence electrons. The first-order chi connectivity index (χ1) is 7.24. The highest BCUT2D eigenvalue weighted by atomic mass is 16.4. The number of nitrogens with zero attached hydrogens (tertiary/aromatic N) is 2. The molecule has 15 heavy (non-hydrogen) atoms. The van der Waals surface area contributed by atoms with Crippen LogP contribution in [0, 0.1) is 0 Å². The van der Waals surface area contributed by atoms with Gasteiger partial charge in [-0.3, -0.25) is 0 Å². The second kappa shape index (κ2) is 6.67. The first-order valence-electron chi connectivity index (χ1n) is 5.90. The third-order valence-electron chi connectivity index (χ3n) is 3.30. The number of rotatable bonds is 4. The third-order valence-corrected chi connectivity index (χ3v) is 3.30. The minimum atomic E-state index is 0.329. The first-order valence-corrected chi connectivity index (χ1v) is 5.90. The smallest absolute Gasteiger partial charge is 0.140 e. The molecule has 0 aromatic carbocycles. The lowest BCUT2D eigenvalue weighted by atomic mass is 10.1. The van der Waals surface area contributed by atoms with Crippen molar-refractivity contribution in [1.29, 1.82) is 0 Å². The molecule has 0 atom stereocenters. The standard InChI is InChI=1S/C11H23N3O/c1-14(9-8-11(12)13-15)10-6-4-2-3-5-7-10/h10,15H,2-9H2,1H3,(H2,12,13). The highest BCUT2D eigenvalue weighted by Crippen LogP contribution is 2.20. The summed E-state index contributed by atoms with van der Waals surface area (Å²) in [5.41, 5.74) is 5.45. The number of hydrogen-bond donors (Lipinski definition) is 2. The van der Waals surface area contributed by atoms with Crippen LogP contribution in [-0.2, 0) is 0 Å². The lowest BCUT2D eigenvalue weighted by Crippen LogP contribution is -2.34. The number of nitrogens with two attached hydrogens (primary N) is 1. The van der Waals surface area contributed by atoms with Crippen molar-refractivity contribution in [3.8, 4) is 0 Å². The first kappa shape index (κ1) is 12.3. The van der Waals surface area contributed by atoms with Crippen molar-refractivity contribution in [1.82, 2.24) is 4.90 Å². The Morgan fingerprint density at radius 3 is 2.47 bits per heavy atom. The van der Waals surface area contributed by atoms with E-state index in [1.165, 1.54) is 38.5 Å². The van der Waals surface area contributed by atoms with Crippen LogP contribution in [0.3, 0.4) is 0 Å². The van der Waals surface area contributed by atoms with Crippen LogP contribution in [-0.4, -0.2) is 35.6 Å². The Morgan fingerprint density at radius 1 is 1.33 bits per heavy atom. The Balaban J connectivity index is 2.28. The summed E-state index contributed by atoms with van der Waals surface area (Å²) < 4.78 is 0. The van der Waals surface area contributed by atoms with Crippen LogP contribution < -0.4 is 5.73 Å². The summed E-state index contributed by atoms with van der Waals surface area (Å²) >= 11 is 0. The fourth-order valence-corrected chi connectivity index (χ4v) is 2.22.